The van der Waals surface area contributed by atoms with Crippen LogP contribution in [0.3, 0.4) is 0 Å². The second-order valence-corrected chi connectivity index (χ2v) is 8.07. The van der Waals surface area contributed by atoms with Gasteiger partial charge in [0.05, 0.1) is 17.0 Å². The molecule has 2 aromatic heterocycles. The number of pyridine rings is 1. The van der Waals surface area contributed by atoms with E-state index in [9.17, 15) is 9.59 Å². The van der Waals surface area contributed by atoms with Crippen LogP contribution in [0.5, 0.6) is 0 Å². The number of amides is 1. The van der Waals surface area contributed by atoms with Crippen molar-refractivity contribution in [3.8, 4) is 0 Å². The highest BCUT2D eigenvalue weighted by Gasteiger charge is 2.42. The van der Waals surface area contributed by atoms with Crippen LogP contribution in [-0.4, -0.2) is 47.9 Å². The average Bonchev–Trinajstić information content (AvgIpc) is 2.95. The molecular formula is C21H20BrN3O3. The molecule has 1 amide bonds. The highest BCUT2D eigenvalue weighted by Crippen LogP contribution is 2.38. The zero-order chi connectivity index (χ0) is 19.8. The Bertz CT molecular complexity index is 1100. The molecule has 0 N–H and O–H groups in total. The van der Waals surface area contributed by atoms with Crippen LogP contribution >= 0.6 is 15.9 Å². The molecule has 28 heavy (non-hydrogen) atoms. The Hall–Kier alpha value is -2.51. The van der Waals surface area contributed by atoms with Gasteiger partial charge in [-0.25, -0.2) is 0 Å². The molecule has 0 fully saturated rings. The van der Waals surface area contributed by atoms with Crippen molar-refractivity contribution in [1.29, 1.82) is 0 Å². The summed E-state index contributed by atoms with van der Waals surface area (Å²) in [4.78, 5) is 34.5. The van der Waals surface area contributed by atoms with Crippen molar-refractivity contribution in [1.82, 2.24) is 14.8 Å². The molecule has 1 aromatic carbocycles. The Kier molecular flexibility index (Phi) is 5.03. The predicted octanol–water partition coefficient (Wildman–Crippen LogP) is 3.45. The summed E-state index contributed by atoms with van der Waals surface area (Å²) in [6.45, 7) is 1.37. The van der Waals surface area contributed by atoms with Crippen LogP contribution in [0.2, 0.25) is 0 Å². The van der Waals surface area contributed by atoms with Gasteiger partial charge in [-0.05, 0) is 56.9 Å². The lowest BCUT2D eigenvalue weighted by Crippen LogP contribution is -2.32. The van der Waals surface area contributed by atoms with E-state index in [1.54, 1.807) is 35.5 Å². The molecule has 1 unspecified atom stereocenters. The summed E-state index contributed by atoms with van der Waals surface area (Å²) >= 11 is 3.41. The number of fused-ring (bicyclic) bond motifs is 2. The molecule has 144 valence electrons. The first-order chi connectivity index (χ1) is 13.5. The number of aromatic nitrogens is 1. The zero-order valence-electron chi connectivity index (χ0n) is 15.7. The number of nitrogens with zero attached hydrogens (tertiary/aromatic N) is 3. The summed E-state index contributed by atoms with van der Waals surface area (Å²) in [5, 5.41) is 0.463. The van der Waals surface area contributed by atoms with E-state index in [0.717, 1.165) is 23.0 Å². The molecule has 1 atom stereocenters. The van der Waals surface area contributed by atoms with E-state index in [1.165, 1.54) is 0 Å². The largest absolute Gasteiger partial charge is 0.450 e. The monoisotopic (exact) mass is 441 g/mol. The Morgan fingerprint density at radius 1 is 1.25 bits per heavy atom. The maximum atomic E-state index is 13.3. The van der Waals surface area contributed by atoms with Gasteiger partial charge in [0.2, 0.25) is 5.76 Å². The molecule has 3 aromatic rings. The Balaban J connectivity index is 1.88. The van der Waals surface area contributed by atoms with Crippen LogP contribution in [0.1, 0.15) is 34.1 Å². The fourth-order valence-corrected chi connectivity index (χ4v) is 4.03. The highest BCUT2D eigenvalue weighted by molar-refractivity contribution is 9.10. The molecule has 0 saturated carbocycles. The SMILES string of the molecule is CN(C)CCCN1C(=O)c2oc3ccc(Br)cc3c(=O)c2C1c1cccnc1. The van der Waals surface area contributed by atoms with Crippen LogP contribution in [-0.2, 0) is 0 Å². The lowest BCUT2D eigenvalue weighted by atomic mass is 10.00. The van der Waals surface area contributed by atoms with E-state index in [2.05, 4.69) is 25.8 Å². The fourth-order valence-electron chi connectivity index (χ4n) is 3.66. The van der Waals surface area contributed by atoms with Crippen molar-refractivity contribution < 1.29 is 9.21 Å². The second-order valence-electron chi connectivity index (χ2n) is 7.16. The third kappa shape index (κ3) is 3.25. The lowest BCUT2D eigenvalue weighted by molar-refractivity contribution is 0.0722. The number of rotatable bonds is 5. The predicted molar refractivity (Wildman–Crippen MR) is 110 cm³/mol. The molecule has 0 saturated heterocycles. The molecule has 7 heteroatoms. The molecule has 0 radical (unpaired) electrons. The molecule has 1 aliphatic rings. The fraction of sp³-hybridized carbons (Fsp3) is 0.286. The van der Waals surface area contributed by atoms with Gasteiger partial charge < -0.3 is 14.2 Å². The minimum absolute atomic E-state index is 0.138. The molecule has 6 nitrogen and oxygen atoms in total. The summed E-state index contributed by atoms with van der Waals surface area (Å²) < 4.78 is 6.71. The van der Waals surface area contributed by atoms with Crippen LogP contribution in [0.4, 0.5) is 0 Å². The lowest BCUT2D eigenvalue weighted by Gasteiger charge is -2.25. The Morgan fingerprint density at radius 2 is 2.07 bits per heavy atom. The normalized spacial score (nSPS) is 16.2. The van der Waals surface area contributed by atoms with E-state index >= 15 is 0 Å². The third-order valence-electron chi connectivity index (χ3n) is 4.93. The number of carbonyl (C=O) groups excluding carboxylic acids is 1. The first-order valence-electron chi connectivity index (χ1n) is 9.09. The van der Waals surface area contributed by atoms with Crippen molar-refractivity contribution in [2.45, 2.75) is 12.5 Å². The van der Waals surface area contributed by atoms with Gasteiger partial charge >= 0.3 is 0 Å². The number of halogens is 1. The standard InChI is InChI=1S/C21H20BrN3O3/c1-24(2)9-4-10-25-18(13-5-3-8-23-12-13)17-19(26)15-11-14(22)6-7-16(15)28-20(17)21(25)27/h3,5-8,11-12,18H,4,9-10H2,1-2H3. The third-order valence-corrected chi connectivity index (χ3v) is 5.43. The number of hydrogen-bond acceptors (Lipinski definition) is 5. The minimum atomic E-state index is -0.488. The highest BCUT2D eigenvalue weighted by atomic mass is 79.9. The smallest absolute Gasteiger partial charge is 0.290 e. The molecule has 3 heterocycles. The number of carbonyl (C=O) groups is 1. The van der Waals surface area contributed by atoms with Crippen LogP contribution in [0.25, 0.3) is 11.0 Å². The van der Waals surface area contributed by atoms with E-state index in [-0.39, 0.29) is 17.1 Å². The van der Waals surface area contributed by atoms with Gasteiger partial charge in [0.25, 0.3) is 5.91 Å². The van der Waals surface area contributed by atoms with Gasteiger partial charge in [-0.15, -0.1) is 0 Å². The second kappa shape index (κ2) is 7.48. The molecule has 0 bridgehead atoms. The molecule has 0 spiro atoms. The number of benzene rings is 1. The molecule has 4 rings (SSSR count). The summed E-state index contributed by atoms with van der Waals surface area (Å²) in [7, 11) is 3.99. The van der Waals surface area contributed by atoms with Crippen molar-refractivity contribution in [2.75, 3.05) is 27.2 Å². The van der Waals surface area contributed by atoms with Crippen molar-refractivity contribution in [3.63, 3.8) is 0 Å². The maximum Gasteiger partial charge on any atom is 0.290 e. The average molecular weight is 442 g/mol. The number of hydrogen-bond donors (Lipinski definition) is 0. The van der Waals surface area contributed by atoms with E-state index in [4.69, 9.17) is 4.42 Å². The Morgan fingerprint density at radius 3 is 2.79 bits per heavy atom. The topological polar surface area (TPSA) is 66.7 Å². The summed E-state index contributed by atoms with van der Waals surface area (Å²) in [6.07, 6.45) is 4.18. The van der Waals surface area contributed by atoms with Gasteiger partial charge in [-0.2, -0.15) is 0 Å². The van der Waals surface area contributed by atoms with Crippen molar-refractivity contribution >= 4 is 32.8 Å². The summed E-state index contributed by atoms with van der Waals surface area (Å²) in [5.74, 6) is -0.108. The summed E-state index contributed by atoms with van der Waals surface area (Å²) in [5.41, 5.74) is 1.45. The summed E-state index contributed by atoms with van der Waals surface area (Å²) in [6, 6.07) is 8.46. The van der Waals surface area contributed by atoms with Gasteiger partial charge in [0, 0.05) is 23.4 Å². The van der Waals surface area contributed by atoms with Gasteiger partial charge in [-0.3, -0.25) is 14.6 Å². The van der Waals surface area contributed by atoms with Crippen LogP contribution in [0.15, 0.2) is 56.4 Å². The molecule has 0 aliphatic carbocycles. The van der Waals surface area contributed by atoms with Gasteiger partial charge in [0.1, 0.15) is 5.58 Å². The first-order valence-corrected chi connectivity index (χ1v) is 9.88. The minimum Gasteiger partial charge on any atom is -0.450 e. The quantitative estimate of drug-likeness (QED) is 0.606. The van der Waals surface area contributed by atoms with Crippen LogP contribution in [0, 0.1) is 0 Å². The van der Waals surface area contributed by atoms with Crippen molar-refractivity contribution in [3.05, 3.63) is 74.3 Å². The van der Waals surface area contributed by atoms with Crippen LogP contribution < -0.4 is 5.43 Å². The van der Waals surface area contributed by atoms with E-state index in [0.29, 0.717) is 23.1 Å². The van der Waals surface area contributed by atoms with Gasteiger partial charge in [-0.1, -0.05) is 22.0 Å². The van der Waals surface area contributed by atoms with Crippen molar-refractivity contribution in [2.24, 2.45) is 0 Å². The Labute approximate surface area is 170 Å². The maximum absolute atomic E-state index is 13.3. The van der Waals surface area contributed by atoms with Gasteiger partial charge in [0.15, 0.2) is 5.43 Å². The zero-order valence-corrected chi connectivity index (χ0v) is 17.3. The molecule has 1 aliphatic heterocycles. The first kappa shape index (κ1) is 18.8. The molecular weight excluding hydrogens is 422 g/mol. The van der Waals surface area contributed by atoms with E-state index < -0.39 is 6.04 Å². The van der Waals surface area contributed by atoms with E-state index in [1.807, 2.05) is 26.2 Å².